The van der Waals surface area contributed by atoms with E-state index in [0.29, 0.717) is 0 Å². The van der Waals surface area contributed by atoms with Crippen LogP contribution in [0.15, 0.2) is 6.07 Å². The first-order valence-electron chi connectivity index (χ1n) is 3.68. The van der Waals surface area contributed by atoms with Gasteiger partial charge in [0, 0.05) is 12.0 Å². The minimum absolute atomic E-state index is 0.00836. The molecule has 0 bridgehead atoms. The van der Waals surface area contributed by atoms with Crippen molar-refractivity contribution in [2.24, 2.45) is 0 Å². The van der Waals surface area contributed by atoms with Gasteiger partial charge in [-0.3, -0.25) is 4.79 Å². The summed E-state index contributed by atoms with van der Waals surface area (Å²) in [4.78, 5) is 24.4. The van der Waals surface area contributed by atoms with E-state index in [1.54, 1.807) is 0 Å². The monoisotopic (exact) mass is 251 g/mol. The molecule has 0 saturated carbocycles. The smallest absolute Gasteiger partial charge is 0.372 e. The van der Waals surface area contributed by atoms with E-state index in [4.69, 9.17) is 28.3 Å². The van der Waals surface area contributed by atoms with Crippen molar-refractivity contribution in [1.82, 2.24) is 4.98 Å². The molecule has 0 atom stereocenters. The molecule has 1 heterocycles. The van der Waals surface area contributed by atoms with Crippen molar-refractivity contribution in [2.75, 3.05) is 0 Å². The summed E-state index contributed by atoms with van der Waals surface area (Å²) >= 11 is 10.9. The molecule has 0 aromatic carbocycles. The quantitative estimate of drug-likeness (QED) is 0.657. The molecular formula is C8H4Cl2FNO3. The summed E-state index contributed by atoms with van der Waals surface area (Å²) in [5.74, 6) is -3.56. The molecule has 1 aromatic rings. The minimum atomic E-state index is -1.61. The zero-order valence-corrected chi connectivity index (χ0v) is 8.64. The van der Waals surface area contributed by atoms with Crippen LogP contribution < -0.4 is 0 Å². The van der Waals surface area contributed by atoms with Gasteiger partial charge in [-0.25, -0.2) is 14.2 Å². The van der Waals surface area contributed by atoms with Crippen LogP contribution in [0.1, 0.15) is 5.56 Å². The van der Waals surface area contributed by atoms with Crippen molar-refractivity contribution in [3.8, 4) is 0 Å². The van der Waals surface area contributed by atoms with E-state index in [2.05, 4.69) is 4.98 Å². The number of pyridine rings is 1. The fourth-order valence-corrected chi connectivity index (χ4v) is 1.24. The van der Waals surface area contributed by atoms with E-state index < -0.39 is 29.1 Å². The van der Waals surface area contributed by atoms with Crippen molar-refractivity contribution in [3.63, 3.8) is 0 Å². The van der Waals surface area contributed by atoms with Crippen LogP contribution in [0.4, 0.5) is 4.39 Å². The topological polar surface area (TPSA) is 67.3 Å². The number of carbonyl (C=O) groups is 2. The number of rotatable bonds is 3. The zero-order valence-electron chi connectivity index (χ0n) is 7.13. The van der Waals surface area contributed by atoms with Crippen LogP contribution in [-0.2, 0) is 16.0 Å². The predicted molar refractivity (Wildman–Crippen MR) is 50.6 cm³/mol. The van der Waals surface area contributed by atoms with E-state index in [0.717, 1.165) is 6.07 Å². The number of aromatic nitrogens is 1. The lowest BCUT2D eigenvalue weighted by Crippen LogP contribution is -2.15. The van der Waals surface area contributed by atoms with Gasteiger partial charge >= 0.3 is 5.97 Å². The molecule has 0 aliphatic carbocycles. The maximum Gasteiger partial charge on any atom is 0.372 e. The van der Waals surface area contributed by atoms with E-state index in [1.165, 1.54) is 0 Å². The lowest BCUT2D eigenvalue weighted by molar-refractivity contribution is -0.148. The summed E-state index contributed by atoms with van der Waals surface area (Å²) in [7, 11) is 0. The standard InChI is InChI=1S/C8H4Cl2FNO3/c9-6-3(2-5(13)8(14)15)1-4(11)7(10)12-6/h1H,2H2,(H,14,15). The zero-order chi connectivity index (χ0) is 11.6. The third-order valence-electron chi connectivity index (χ3n) is 1.55. The third kappa shape index (κ3) is 2.87. The first-order valence-corrected chi connectivity index (χ1v) is 4.44. The van der Waals surface area contributed by atoms with Gasteiger partial charge in [-0.2, -0.15) is 0 Å². The molecule has 1 N–H and O–H groups in total. The van der Waals surface area contributed by atoms with Gasteiger partial charge in [-0.15, -0.1) is 0 Å². The molecule has 1 rings (SSSR count). The Morgan fingerprint density at radius 3 is 2.53 bits per heavy atom. The first-order chi connectivity index (χ1) is 6.91. The lowest BCUT2D eigenvalue weighted by atomic mass is 10.1. The molecule has 4 nitrogen and oxygen atoms in total. The minimum Gasteiger partial charge on any atom is -0.475 e. The molecule has 0 unspecified atom stereocenters. The number of hydrogen-bond donors (Lipinski definition) is 1. The molecule has 1 aromatic heterocycles. The third-order valence-corrected chi connectivity index (χ3v) is 2.14. The van der Waals surface area contributed by atoms with Crippen molar-refractivity contribution >= 4 is 35.0 Å². The Bertz CT molecular complexity index is 436. The van der Waals surface area contributed by atoms with E-state index in [-0.39, 0.29) is 10.7 Å². The normalized spacial score (nSPS) is 10.1. The highest BCUT2D eigenvalue weighted by atomic mass is 35.5. The van der Waals surface area contributed by atoms with Crippen LogP contribution in [0.5, 0.6) is 0 Å². The SMILES string of the molecule is O=C(O)C(=O)Cc1cc(F)c(Cl)nc1Cl. The van der Waals surface area contributed by atoms with Crippen LogP contribution in [0.2, 0.25) is 10.3 Å². The van der Waals surface area contributed by atoms with Gasteiger partial charge in [0.2, 0.25) is 5.78 Å². The van der Waals surface area contributed by atoms with Gasteiger partial charge in [0.05, 0.1) is 0 Å². The molecule has 7 heteroatoms. The fraction of sp³-hybridized carbons (Fsp3) is 0.125. The van der Waals surface area contributed by atoms with Gasteiger partial charge in [-0.05, 0) is 6.07 Å². The predicted octanol–water partition coefficient (Wildman–Crippen LogP) is 1.72. The number of aliphatic carboxylic acids is 1. The van der Waals surface area contributed by atoms with Gasteiger partial charge in [-0.1, -0.05) is 23.2 Å². The van der Waals surface area contributed by atoms with Crippen molar-refractivity contribution < 1.29 is 19.1 Å². The number of carboxylic acid groups (broad SMARTS) is 1. The molecule has 80 valence electrons. The summed E-state index contributed by atoms with van der Waals surface area (Å²) < 4.78 is 12.9. The second kappa shape index (κ2) is 4.55. The Morgan fingerprint density at radius 2 is 2.00 bits per heavy atom. The fourth-order valence-electron chi connectivity index (χ4n) is 0.856. The van der Waals surface area contributed by atoms with Gasteiger partial charge in [0.1, 0.15) is 5.15 Å². The molecule has 0 saturated heterocycles. The second-order valence-electron chi connectivity index (χ2n) is 2.62. The molecular weight excluding hydrogens is 248 g/mol. The van der Waals surface area contributed by atoms with Crippen LogP contribution in [0, 0.1) is 5.82 Å². The molecule has 0 spiro atoms. The maximum atomic E-state index is 12.9. The molecule has 0 fully saturated rings. The molecule has 15 heavy (non-hydrogen) atoms. The second-order valence-corrected chi connectivity index (χ2v) is 3.33. The van der Waals surface area contributed by atoms with Crippen molar-refractivity contribution in [3.05, 3.63) is 27.8 Å². The van der Waals surface area contributed by atoms with Gasteiger partial charge < -0.3 is 5.11 Å². The Morgan fingerprint density at radius 1 is 1.40 bits per heavy atom. The van der Waals surface area contributed by atoms with Crippen molar-refractivity contribution in [1.29, 1.82) is 0 Å². The van der Waals surface area contributed by atoms with Gasteiger partial charge in [0.15, 0.2) is 11.0 Å². The van der Waals surface area contributed by atoms with Crippen LogP contribution in [0.25, 0.3) is 0 Å². The summed E-state index contributed by atoms with van der Waals surface area (Å²) in [6.07, 6.45) is -0.519. The highest BCUT2D eigenvalue weighted by molar-refractivity contribution is 6.35. The van der Waals surface area contributed by atoms with Crippen LogP contribution >= 0.6 is 23.2 Å². The Balaban J connectivity index is 3.01. The number of carbonyl (C=O) groups excluding carboxylic acids is 1. The van der Waals surface area contributed by atoms with Gasteiger partial charge in [0.25, 0.3) is 0 Å². The molecule has 0 aliphatic rings. The van der Waals surface area contributed by atoms with Crippen LogP contribution in [0.3, 0.4) is 0 Å². The maximum absolute atomic E-state index is 12.9. The van der Waals surface area contributed by atoms with Crippen LogP contribution in [-0.4, -0.2) is 21.8 Å². The number of Topliss-reactive ketones (excluding diaryl/α,β-unsaturated/α-hetero) is 1. The number of halogens is 3. The molecule has 0 radical (unpaired) electrons. The van der Waals surface area contributed by atoms with E-state index in [1.807, 2.05) is 0 Å². The highest BCUT2D eigenvalue weighted by Crippen LogP contribution is 2.20. The summed E-state index contributed by atoms with van der Waals surface area (Å²) in [6, 6.07) is 0.887. The number of carboxylic acids is 1. The number of nitrogens with zero attached hydrogens (tertiary/aromatic N) is 1. The Hall–Kier alpha value is -1.20. The average Bonchev–Trinajstić information content (AvgIpc) is 2.13. The van der Waals surface area contributed by atoms with Crippen molar-refractivity contribution in [2.45, 2.75) is 6.42 Å². The Kier molecular flexibility index (Phi) is 3.60. The number of ketones is 1. The first kappa shape index (κ1) is 11.9. The summed E-state index contributed by atoms with van der Waals surface area (Å²) in [5, 5.41) is 7.72. The molecule has 0 aliphatic heterocycles. The molecule has 0 amide bonds. The lowest BCUT2D eigenvalue weighted by Gasteiger charge is -2.02. The summed E-state index contributed by atoms with van der Waals surface area (Å²) in [5.41, 5.74) is -0.00836. The largest absolute Gasteiger partial charge is 0.475 e. The highest BCUT2D eigenvalue weighted by Gasteiger charge is 2.16. The van der Waals surface area contributed by atoms with E-state index in [9.17, 15) is 14.0 Å². The van der Waals surface area contributed by atoms with E-state index >= 15 is 0 Å². The average molecular weight is 252 g/mol. The Labute approximate surface area is 93.6 Å². The number of hydrogen-bond acceptors (Lipinski definition) is 3. The summed E-state index contributed by atoms with van der Waals surface area (Å²) in [6.45, 7) is 0.